The molecule has 27 heavy (non-hydrogen) atoms. The molecule has 0 aliphatic rings. The van der Waals surface area contributed by atoms with Crippen molar-refractivity contribution in [1.29, 1.82) is 0 Å². The summed E-state index contributed by atoms with van der Waals surface area (Å²) in [5.41, 5.74) is 7.37. The second-order valence-electron chi connectivity index (χ2n) is 7.02. The Kier molecular flexibility index (Phi) is 6.36. The fourth-order valence-corrected chi connectivity index (χ4v) is 2.62. The van der Waals surface area contributed by atoms with Crippen molar-refractivity contribution in [2.45, 2.75) is 32.7 Å². The molecule has 0 radical (unpaired) electrons. The van der Waals surface area contributed by atoms with Crippen molar-refractivity contribution < 1.29 is 9.21 Å². The summed E-state index contributed by atoms with van der Waals surface area (Å²) >= 11 is 6.11. The molecule has 2 aromatic heterocycles. The SMILES string of the molecule is CC(C)(C)c1cc(NC(=O)c2coc(CN)c2)n(-c2cccc(Cl)c2)n1.Cl. The van der Waals surface area contributed by atoms with E-state index in [-0.39, 0.29) is 30.3 Å². The third-order valence-electron chi connectivity index (χ3n) is 3.89. The Hall–Kier alpha value is -2.28. The molecule has 1 amide bonds. The summed E-state index contributed by atoms with van der Waals surface area (Å²) in [5.74, 6) is 0.809. The van der Waals surface area contributed by atoms with E-state index >= 15 is 0 Å². The molecule has 0 saturated carbocycles. The molecular weight excluding hydrogens is 387 g/mol. The molecule has 6 nitrogen and oxygen atoms in total. The van der Waals surface area contributed by atoms with Crippen LogP contribution in [0, 0.1) is 0 Å². The van der Waals surface area contributed by atoms with Crippen LogP contribution in [-0.4, -0.2) is 15.7 Å². The van der Waals surface area contributed by atoms with Crippen LogP contribution in [0.15, 0.2) is 47.1 Å². The Labute approximate surface area is 169 Å². The van der Waals surface area contributed by atoms with Gasteiger partial charge in [0.1, 0.15) is 17.8 Å². The summed E-state index contributed by atoms with van der Waals surface area (Å²) < 4.78 is 6.91. The van der Waals surface area contributed by atoms with E-state index in [0.717, 1.165) is 11.4 Å². The van der Waals surface area contributed by atoms with Gasteiger partial charge in [-0.05, 0) is 24.3 Å². The van der Waals surface area contributed by atoms with Gasteiger partial charge >= 0.3 is 0 Å². The van der Waals surface area contributed by atoms with Gasteiger partial charge in [-0.15, -0.1) is 12.4 Å². The highest BCUT2D eigenvalue weighted by Crippen LogP contribution is 2.27. The van der Waals surface area contributed by atoms with Crippen LogP contribution >= 0.6 is 24.0 Å². The van der Waals surface area contributed by atoms with Crippen molar-refractivity contribution in [3.8, 4) is 5.69 Å². The Morgan fingerprint density at radius 2 is 2.04 bits per heavy atom. The summed E-state index contributed by atoms with van der Waals surface area (Å²) in [6.45, 7) is 6.43. The third-order valence-corrected chi connectivity index (χ3v) is 4.12. The van der Waals surface area contributed by atoms with Gasteiger partial charge in [0, 0.05) is 16.5 Å². The highest BCUT2D eigenvalue weighted by molar-refractivity contribution is 6.30. The second-order valence-corrected chi connectivity index (χ2v) is 7.45. The lowest BCUT2D eigenvalue weighted by molar-refractivity contribution is 0.102. The quantitative estimate of drug-likeness (QED) is 0.662. The van der Waals surface area contributed by atoms with E-state index in [2.05, 4.69) is 31.2 Å². The van der Waals surface area contributed by atoms with E-state index < -0.39 is 0 Å². The van der Waals surface area contributed by atoms with Crippen LogP contribution in [0.1, 0.15) is 42.6 Å². The molecule has 0 bridgehead atoms. The molecule has 144 valence electrons. The molecule has 2 heterocycles. The van der Waals surface area contributed by atoms with Crippen molar-refractivity contribution in [2.24, 2.45) is 5.73 Å². The number of anilines is 1. The summed E-state index contributed by atoms with van der Waals surface area (Å²) in [6, 6.07) is 10.8. The van der Waals surface area contributed by atoms with Gasteiger partial charge in [0.2, 0.25) is 0 Å². The number of benzene rings is 1. The zero-order valence-corrected chi connectivity index (χ0v) is 16.9. The topological polar surface area (TPSA) is 86.1 Å². The fourth-order valence-electron chi connectivity index (χ4n) is 2.44. The largest absolute Gasteiger partial charge is 0.467 e. The van der Waals surface area contributed by atoms with Crippen molar-refractivity contribution >= 4 is 35.7 Å². The van der Waals surface area contributed by atoms with Crippen LogP contribution in [0.4, 0.5) is 5.82 Å². The summed E-state index contributed by atoms with van der Waals surface area (Å²) in [5, 5.41) is 8.15. The Morgan fingerprint density at radius 3 is 2.63 bits per heavy atom. The first-order valence-electron chi connectivity index (χ1n) is 8.23. The predicted molar refractivity (Wildman–Crippen MR) is 109 cm³/mol. The number of carbonyl (C=O) groups is 1. The maximum atomic E-state index is 12.6. The maximum Gasteiger partial charge on any atom is 0.260 e. The first-order chi connectivity index (χ1) is 12.3. The van der Waals surface area contributed by atoms with Gasteiger partial charge in [-0.3, -0.25) is 4.79 Å². The first-order valence-corrected chi connectivity index (χ1v) is 8.61. The number of halogens is 2. The van der Waals surface area contributed by atoms with E-state index in [0.29, 0.717) is 22.2 Å². The van der Waals surface area contributed by atoms with Crippen molar-refractivity contribution in [3.05, 3.63) is 64.7 Å². The van der Waals surface area contributed by atoms with Gasteiger partial charge in [0.05, 0.1) is 23.5 Å². The number of furan rings is 1. The average molecular weight is 409 g/mol. The van der Waals surface area contributed by atoms with Crippen molar-refractivity contribution in [1.82, 2.24) is 9.78 Å². The number of carbonyl (C=O) groups excluding carboxylic acids is 1. The molecular formula is C19H22Cl2N4O2. The van der Waals surface area contributed by atoms with E-state index in [9.17, 15) is 4.79 Å². The number of nitrogens with one attached hydrogen (secondary N) is 1. The fraction of sp³-hybridized carbons (Fsp3) is 0.263. The van der Waals surface area contributed by atoms with Gasteiger partial charge in [-0.1, -0.05) is 38.4 Å². The van der Waals surface area contributed by atoms with Gasteiger partial charge < -0.3 is 15.5 Å². The van der Waals surface area contributed by atoms with Crippen LogP contribution in [-0.2, 0) is 12.0 Å². The summed E-state index contributed by atoms with van der Waals surface area (Å²) in [4.78, 5) is 12.6. The minimum atomic E-state index is -0.294. The van der Waals surface area contributed by atoms with Crippen molar-refractivity contribution in [2.75, 3.05) is 5.32 Å². The molecule has 3 rings (SSSR count). The van der Waals surface area contributed by atoms with Crippen LogP contribution in [0.5, 0.6) is 0 Å². The Morgan fingerprint density at radius 1 is 1.30 bits per heavy atom. The van der Waals surface area contributed by atoms with E-state index in [4.69, 9.17) is 21.8 Å². The van der Waals surface area contributed by atoms with Crippen LogP contribution in [0.2, 0.25) is 5.02 Å². The third kappa shape index (κ3) is 4.71. The number of nitrogens with two attached hydrogens (primary N) is 1. The zero-order valence-electron chi connectivity index (χ0n) is 15.3. The first kappa shape index (κ1) is 21.0. The van der Waals surface area contributed by atoms with Crippen LogP contribution in [0.25, 0.3) is 5.69 Å². The lowest BCUT2D eigenvalue weighted by atomic mass is 9.92. The summed E-state index contributed by atoms with van der Waals surface area (Å²) in [7, 11) is 0. The minimum absolute atomic E-state index is 0. The second kappa shape index (κ2) is 8.17. The van der Waals surface area contributed by atoms with Crippen LogP contribution < -0.4 is 11.1 Å². The van der Waals surface area contributed by atoms with Gasteiger partial charge in [-0.2, -0.15) is 5.10 Å². The zero-order chi connectivity index (χ0) is 18.9. The standard InChI is InChI=1S/C19H21ClN4O2.ClH/c1-19(2,3)16-9-17(22-18(25)12-7-15(10-21)26-11-12)24(23-16)14-6-4-5-13(20)8-14;/h4-9,11H,10,21H2,1-3H3,(H,22,25);1H. The lowest BCUT2D eigenvalue weighted by Gasteiger charge is -2.14. The molecule has 3 N–H and O–H groups in total. The number of aromatic nitrogens is 2. The summed E-state index contributed by atoms with van der Waals surface area (Å²) in [6.07, 6.45) is 1.39. The van der Waals surface area contributed by atoms with E-state index in [1.165, 1.54) is 6.26 Å². The monoisotopic (exact) mass is 408 g/mol. The molecule has 0 aliphatic carbocycles. The number of nitrogens with zero attached hydrogens (tertiary/aromatic N) is 2. The molecule has 8 heteroatoms. The normalized spacial score (nSPS) is 11.1. The van der Waals surface area contributed by atoms with E-state index in [1.54, 1.807) is 22.9 Å². The maximum absolute atomic E-state index is 12.6. The number of amides is 1. The molecule has 0 atom stereocenters. The number of hydrogen-bond donors (Lipinski definition) is 2. The minimum Gasteiger partial charge on any atom is -0.467 e. The Bertz CT molecular complexity index is 941. The molecule has 0 unspecified atom stereocenters. The van der Waals surface area contributed by atoms with Crippen LogP contribution in [0.3, 0.4) is 0 Å². The predicted octanol–water partition coefficient (Wildman–Crippen LogP) is 4.55. The Balaban J connectivity index is 0.00000261. The van der Waals surface area contributed by atoms with Gasteiger partial charge in [0.15, 0.2) is 0 Å². The lowest BCUT2D eigenvalue weighted by Crippen LogP contribution is -2.14. The van der Waals surface area contributed by atoms with Gasteiger partial charge in [0.25, 0.3) is 5.91 Å². The number of rotatable bonds is 4. The molecule has 1 aromatic carbocycles. The average Bonchev–Trinajstić information content (AvgIpc) is 3.21. The molecule has 3 aromatic rings. The molecule has 0 saturated heterocycles. The smallest absolute Gasteiger partial charge is 0.260 e. The van der Waals surface area contributed by atoms with Gasteiger partial charge in [-0.25, -0.2) is 4.68 Å². The number of hydrogen-bond acceptors (Lipinski definition) is 4. The molecule has 0 spiro atoms. The highest BCUT2D eigenvalue weighted by Gasteiger charge is 2.22. The highest BCUT2D eigenvalue weighted by atomic mass is 35.5. The molecule has 0 aliphatic heterocycles. The molecule has 0 fully saturated rings. The van der Waals surface area contributed by atoms with E-state index in [1.807, 2.05) is 18.2 Å². The van der Waals surface area contributed by atoms with Crippen molar-refractivity contribution in [3.63, 3.8) is 0 Å².